The average molecular weight is 262 g/mol. The minimum atomic E-state index is -0.246. The summed E-state index contributed by atoms with van der Waals surface area (Å²) < 4.78 is 18.6. The highest BCUT2D eigenvalue weighted by molar-refractivity contribution is 5.85. The van der Waals surface area contributed by atoms with Gasteiger partial charge >= 0.3 is 0 Å². The van der Waals surface area contributed by atoms with E-state index in [0.717, 1.165) is 25.7 Å². The van der Waals surface area contributed by atoms with E-state index in [9.17, 15) is 4.39 Å². The van der Waals surface area contributed by atoms with E-state index < -0.39 is 0 Å². The predicted octanol–water partition coefficient (Wildman–Crippen LogP) is 3.84. The molecule has 0 aliphatic heterocycles. The summed E-state index contributed by atoms with van der Waals surface area (Å²) >= 11 is 0. The maximum Gasteiger partial charge on any atom is 0.128 e. The lowest BCUT2D eigenvalue weighted by Crippen LogP contribution is -2.12. The maximum absolute atomic E-state index is 13.5. The van der Waals surface area contributed by atoms with Crippen molar-refractivity contribution in [2.24, 2.45) is 5.73 Å². The Bertz CT molecular complexity index is 333. The summed E-state index contributed by atoms with van der Waals surface area (Å²) in [6.45, 7) is 2.14. The number of rotatable bonds is 6. The second-order valence-corrected chi connectivity index (χ2v) is 3.99. The van der Waals surface area contributed by atoms with Crippen LogP contribution in [0.2, 0.25) is 0 Å². The van der Waals surface area contributed by atoms with Gasteiger partial charge in [0.15, 0.2) is 0 Å². The molecule has 0 aliphatic carbocycles. The SMILES string of the molecule is CCCCC[C@@H](N)c1cc(OC)ccc1F.Cl. The van der Waals surface area contributed by atoms with Crippen LogP contribution in [0.3, 0.4) is 0 Å². The van der Waals surface area contributed by atoms with Gasteiger partial charge in [-0.25, -0.2) is 4.39 Å². The zero-order valence-electron chi connectivity index (χ0n) is 10.4. The van der Waals surface area contributed by atoms with Gasteiger partial charge in [-0.1, -0.05) is 26.2 Å². The molecule has 1 atom stereocenters. The van der Waals surface area contributed by atoms with Gasteiger partial charge in [0.05, 0.1) is 7.11 Å². The number of ether oxygens (including phenoxy) is 1. The number of methoxy groups -OCH3 is 1. The van der Waals surface area contributed by atoms with Gasteiger partial charge in [-0.2, -0.15) is 0 Å². The minimum Gasteiger partial charge on any atom is -0.497 e. The van der Waals surface area contributed by atoms with Crippen LogP contribution in [-0.4, -0.2) is 7.11 Å². The highest BCUT2D eigenvalue weighted by atomic mass is 35.5. The van der Waals surface area contributed by atoms with Gasteiger partial charge in [0.1, 0.15) is 11.6 Å². The Labute approximate surface area is 109 Å². The molecule has 0 heterocycles. The Hall–Kier alpha value is -0.800. The van der Waals surface area contributed by atoms with Gasteiger partial charge in [0.25, 0.3) is 0 Å². The molecule has 1 rings (SSSR count). The molecule has 0 unspecified atom stereocenters. The minimum absolute atomic E-state index is 0. The largest absolute Gasteiger partial charge is 0.497 e. The zero-order chi connectivity index (χ0) is 12.0. The molecule has 0 amide bonds. The van der Waals surface area contributed by atoms with Crippen molar-refractivity contribution in [2.45, 2.75) is 38.6 Å². The molecular weight excluding hydrogens is 241 g/mol. The van der Waals surface area contributed by atoms with Crippen molar-refractivity contribution in [1.82, 2.24) is 0 Å². The predicted molar refractivity (Wildman–Crippen MR) is 71.3 cm³/mol. The molecule has 0 radical (unpaired) electrons. The van der Waals surface area contributed by atoms with Gasteiger partial charge in [0, 0.05) is 11.6 Å². The first kappa shape index (κ1) is 16.2. The summed E-state index contributed by atoms with van der Waals surface area (Å²) in [4.78, 5) is 0. The lowest BCUT2D eigenvalue weighted by molar-refractivity contribution is 0.411. The second kappa shape index (κ2) is 8.31. The van der Waals surface area contributed by atoms with E-state index in [2.05, 4.69) is 6.92 Å². The fraction of sp³-hybridized carbons (Fsp3) is 0.538. The molecule has 0 spiro atoms. The van der Waals surface area contributed by atoms with Crippen LogP contribution in [0.25, 0.3) is 0 Å². The van der Waals surface area contributed by atoms with E-state index >= 15 is 0 Å². The van der Waals surface area contributed by atoms with Crippen LogP contribution in [0, 0.1) is 5.82 Å². The molecule has 0 bridgehead atoms. The van der Waals surface area contributed by atoms with Gasteiger partial charge in [-0.05, 0) is 24.6 Å². The number of halogens is 2. The average Bonchev–Trinajstić information content (AvgIpc) is 2.30. The molecular formula is C13H21ClFNO. The quantitative estimate of drug-likeness (QED) is 0.790. The Balaban J connectivity index is 0.00000256. The molecule has 0 saturated carbocycles. The molecule has 0 saturated heterocycles. The Morgan fingerprint density at radius 1 is 1.35 bits per heavy atom. The number of benzene rings is 1. The summed E-state index contributed by atoms with van der Waals surface area (Å²) in [6, 6.07) is 4.47. The maximum atomic E-state index is 13.5. The third-order valence-electron chi connectivity index (χ3n) is 2.72. The van der Waals surface area contributed by atoms with Gasteiger partial charge in [-0.15, -0.1) is 12.4 Å². The van der Waals surface area contributed by atoms with Crippen LogP contribution >= 0.6 is 12.4 Å². The summed E-state index contributed by atoms with van der Waals surface area (Å²) in [5.74, 6) is 0.409. The topological polar surface area (TPSA) is 35.2 Å². The lowest BCUT2D eigenvalue weighted by Gasteiger charge is -2.13. The summed E-state index contributed by atoms with van der Waals surface area (Å²) in [7, 11) is 1.57. The van der Waals surface area contributed by atoms with Crippen LogP contribution in [0.1, 0.15) is 44.2 Å². The second-order valence-electron chi connectivity index (χ2n) is 3.99. The fourth-order valence-electron chi connectivity index (χ4n) is 1.70. The first-order chi connectivity index (χ1) is 7.69. The third-order valence-corrected chi connectivity index (χ3v) is 2.72. The molecule has 4 heteroatoms. The van der Waals surface area contributed by atoms with Crippen molar-refractivity contribution in [1.29, 1.82) is 0 Å². The first-order valence-electron chi connectivity index (χ1n) is 5.78. The molecule has 2 N–H and O–H groups in total. The van der Waals surface area contributed by atoms with Crippen molar-refractivity contribution in [3.63, 3.8) is 0 Å². The zero-order valence-corrected chi connectivity index (χ0v) is 11.2. The van der Waals surface area contributed by atoms with E-state index in [0.29, 0.717) is 11.3 Å². The lowest BCUT2D eigenvalue weighted by atomic mass is 10.0. The van der Waals surface area contributed by atoms with Crippen LogP contribution < -0.4 is 10.5 Å². The normalized spacial score (nSPS) is 11.8. The standard InChI is InChI=1S/C13H20FNO.ClH/c1-3-4-5-6-13(15)11-9-10(16-2)7-8-12(11)14;/h7-9,13H,3-6,15H2,1-2H3;1H/t13-;/m1./s1. The van der Waals surface area contributed by atoms with E-state index in [1.165, 1.54) is 6.07 Å². The summed E-state index contributed by atoms with van der Waals surface area (Å²) in [5.41, 5.74) is 6.52. The highest BCUT2D eigenvalue weighted by Crippen LogP contribution is 2.24. The van der Waals surface area contributed by atoms with Crippen molar-refractivity contribution in [3.05, 3.63) is 29.6 Å². The summed E-state index contributed by atoms with van der Waals surface area (Å²) in [5, 5.41) is 0. The molecule has 0 aromatic heterocycles. The first-order valence-corrected chi connectivity index (χ1v) is 5.78. The number of hydrogen-bond acceptors (Lipinski definition) is 2. The van der Waals surface area contributed by atoms with Crippen LogP contribution in [-0.2, 0) is 0 Å². The third kappa shape index (κ3) is 4.92. The molecule has 98 valence electrons. The molecule has 0 fully saturated rings. The number of nitrogens with two attached hydrogens (primary N) is 1. The van der Waals surface area contributed by atoms with Crippen molar-refractivity contribution >= 4 is 12.4 Å². The number of unbranched alkanes of at least 4 members (excludes halogenated alkanes) is 2. The Morgan fingerprint density at radius 3 is 2.65 bits per heavy atom. The smallest absolute Gasteiger partial charge is 0.128 e. The van der Waals surface area contributed by atoms with Gasteiger partial charge in [-0.3, -0.25) is 0 Å². The molecule has 0 aliphatic rings. The molecule has 1 aromatic rings. The Morgan fingerprint density at radius 2 is 2.06 bits per heavy atom. The molecule has 1 aromatic carbocycles. The molecule has 17 heavy (non-hydrogen) atoms. The van der Waals surface area contributed by atoms with Gasteiger partial charge < -0.3 is 10.5 Å². The van der Waals surface area contributed by atoms with Crippen molar-refractivity contribution < 1.29 is 9.13 Å². The highest BCUT2D eigenvalue weighted by Gasteiger charge is 2.12. The van der Waals surface area contributed by atoms with Crippen molar-refractivity contribution in [2.75, 3.05) is 7.11 Å². The van der Waals surface area contributed by atoms with Crippen LogP contribution in [0.15, 0.2) is 18.2 Å². The monoisotopic (exact) mass is 261 g/mol. The van der Waals surface area contributed by atoms with Crippen LogP contribution in [0.5, 0.6) is 5.75 Å². The van der Waals surface area contributed by atoms with E-state index in [-0.39, 0.29) is 24.3 Å². The van der Waals surface area contributed by atoms with Crippen molar-refractivity contribution in [3.8, 4) is 5.75 Å². The number of hydrogen-bond donors (Lipinski definition) is 1. The van der Waals surface area contributed by atoms with Gasteiger partial charge in [0.2, 0.25) is 0 Å². The van der Waals surface area contributed by atoms with E-state index in [1.54, 1.807) is 19.2 Å². The van der Waals surface area contributed by atoms with Crippen LogP contribution in [0.4, 0.5) is 4.39 Å². The summed E-state index contributed by atoms with van der Waals surface area (Å²) in [6.07, 6.45) is 4.14. The Kier molecular flexibility index (Phi) is 7.92. The fourth-order valence-corrected chi connectivity index (χ4v) is 1.70. The molecule has 2 nitrogen and oxygen atoms in total. The van der Waals surface area contributed by atoms with E-state index in [1.807, 2.05) is 0 Å². The van der Waals surface area contributed by atoms with E-state index in [4.69, 9.17) is 10.5 Å².